The van der Waals surface area contributed by atoms with Gasteiger partial charge in [0.15, 0.2) is 0 Å². The first-order valence-corrected chi connectivity index (χ1v) is 38.7. The predicted octanol–water partition coefficient (Wildman–Crippen LogP) is 25.1. The van der Waals surface area contributed by atoms with Gasteiger partial charge in [0.25, 0.3) is 0 Å². The third-order valence-electron chi connectivity index (χ3n) is 25.6. The van der Waals surface area contributed by atoms with Crippen molar-refractivity contribution in [2.75, 3.05) is 0 Å². The van der Waals surface area contributed by atoms with Crippen LogP contribution in [-0.4, -0.2) is 15.3 Å². The van der Waals surface area contributed by atoms with Crippen LogP contribution in [0.5, 0.6) is 0 Å². The third kappa shape index (κ3) is 55.6. The summed E-state index contributed by atoms with van der Waals surface area (Å²) in [6, 6.07) is 0. The molecule has 106 heavy (non-hydrogen) atoms. The van der Waals surface area contributed by atoms with E-state index in [-0.39, 0.29) is 756 Å². The molecular formula is C79H145Ar15O3W9-5. The average molecular weight is 3400 g/mol. The van der Waals surface area contributed by atoms with Crippen molar-refractivity contribution >= 4 is 0 Å². The molecule has 0 spiro atoms. The van der Waals surface area contributed by atoms with Crippen LogP contribution < -0.4 is 0 Å². The van der Waals surface area contributed by atoms with E-state index < -0.39 is 0 Å². The number of rotatable bonds is 0. The van der Waals surface area contributed by atoms with Crippen molar-refractivity contribution in [3.63, 3.8) is 0 Å². The van der Waals surface area contributed by atoms with E-state index >= 15 is 0 Å². The molecule has 0 saturated heterocycles. The van der Waals surface area contributed by atoms with E-state index in [9.17, 15) is 15.3 Å². The molecular weight excluding hydrogens is 3250 g/mol. The van der Waals surface area contributed by atoms with E-state index in [0.29, 0.717) is 35.5 Å². The van der Waals surface area contributed by atoms with Gasteiger partial charge in [0, 0.05) is 756 Å². The van der Waals surface area contributed by atoms with Crippen molar-refractivity contribution in [3.05, 3.63) is 30.1 Å². The molecule has 15 aliphatic carbocycles. The van der Waals surface area contributed by atoms with E-state index in [1.807, 2.05) is 94.9 Å². The Kier molecular flexibility index (Phi) is 187. The summed E-state index contributed by atoms with van der Waals surface area (Å²) in [5.74, 6) is 21.4. The van der Waals surface area contributed by atoms with Gasteiger partial charge in [-0.05, 0) is 0 Å². The van der Waals surface area contributed by atoms with Crippen LogP contribution in [0.3, 0.4) is 0 Å². The molecule has 3 N–H and O–H groups in total. The molecule has 0 aromatic heterocycles. The maximum Gasteiger partial charge on any atom is 0 e. The fourth-order valence-electron chi connectivity index (χ4n) is 22.6. The molecule has 3 nitrogen and oxygen atoms in total. The van der Waals surface area contributed by atoms with Crippen molar-refractivity contribution < 1.29 is 771 Å². The second-order valence-electron chi connectivity index (χ2n) is 28.3. The predicted molar refractivity (Wildman–Crippen MR) is 356 cm³/mol. The van der Waals surface area contributed by atoms with Crippen LogP contribution in [0.25, 0.3) is 0 Å². The van der Waals surface area contributed by atoms with Crippen LogP contribution >= 0.6 is 0 Å². The Labute approximate surface area is 1240 Å². The van der Waals surface area contributed by atoms with Crippen LogP contribution in [0.2, 0.25) is 0 Å². The van der Waals surface area contributed by atoms with E-state index in [2.05, 4.69) is 13.8 Å². The summed E-state index contributed by atoms with van der Waals surface area (Å²) in [5.41, 5.74) is 0. The van der Waals surface area contributed by atoms with Gasteiger partial charge in [-0.25, -0.2) is 0 Å². The van der Waals surface area contributed by atoms with Crippen LogP contribution in [0.4, 0.5) is 0 Å². The van der Waals surface area contributed by atoms with Crippen LogP contribution in [-0.2, 0) is 190 Å². The average Bonchev–Trinajstić information content (AvgIpc) is 1.68. The summed E-state index contributed by atoms with van der Waals surface area (Å²) in [7, 11) is 0. The van der Waals surface area contributed by atoms with Crippen LogP contribution in [0.1, 0.15) is 354 Å². The molecule has 0 aliphatic heterocycles. The molecule has 0 radical (unpaired) electrons. The first kappa shape index (κ1) is 180. The molecule has 20 unspecified atom stereocenters. The largest absolute Gasteiger partial charge is 0.562 e. The van der Waals surface area contributed by atoms with E-state index in [0.717, 1.165) is 101 Å². The van der Waals surface area contributed by atoms with Crippen molar-refractivity contribution in [1.29, 1.82) is 0 Å². The van der Waals surface area contributed by atoms with Gasteiger partial charge in [-0.2, -0.15) is 55.8 Å². The van der Waals surface area contributed by atoms with E-state index in [1.165, 1.54) is 231 Å². The van der Waals surface area contributed by atoms with Gasteiger partial charge >= 0.3 is 0 Å². The summed E-state index contributed by atoms with van der Waals surface area (Å²) in [4.78, 5) is 0. The van der Waals surface area contributed by atoms with Gasteiger partial charge < -0.3 is 27.2 Å². The summed E-state index contributed by atoms with van der Waals surface area (Å²) < 4.78 is 0. The minimum atomic E-state index is 0. The maximum absolute atomic E-state index is 10.2. The first-order valence-electron chi connectivity index (χ1n) is 38.7. The topological polar surface area (TPSA) is 60.7 Å². The molecule has 0 amide bonds. The van der Waals surface area contributed by atoms with E-state index in [1.54, 1.807) is 25.7 Å². The quantitative estimate of drug-likeness (QED) is 0.212. The standard InChI is InChI=1S/2C14H23.3C13H21O.6C2H6.15Ar.9W/c2*1-10-11-6-2-4-8-13(11)14-9-5-3-7-12(10)14;3*14-13-11-7-3-1-5-9(11)10-6-2-4-8-12(10)13;6*1-2;;;;;;;;;;;;;;;;;;;;;;;;/h2*11-14H,2-9H2,1H3;3*9-12,14H,1-8H2;6*1-2H3;;;;;;;;;;;;;;;;;;;;;;;;/q5*-1;;;;;;;;;;;;;;;;;;;;;;;;;;;;;;. The van der Waals surface area contributed by atoms with Crippen molar-refractivity contribution in [3.8, 4) is 0 Å². The summed E-state index contributed by atoms with van der Waals surface area (Å²) in [6.07, 6.45) is 59.9. The fraction of sp³-hybridized carbons (Fsp3) is 0.937. The van der Waals surface area contributed by atoms with Gasteiger partial charge in [0.2, 0.25) is 0 Å². The number of hydrogen-bond donors (Lipinski definition) is 3. The molecule has 0 bridgehead atoms. The number of hydrogen-bond acceptors (Lipinski definition) is 3. The second-order valence-corrected chi connectivity index (χ2v) is 28.3. The minimum absolute atomic E-state index is 0. The Hall–Kier alpha value is 25.0. The zero-order chi connectivity index (χ0) is 59.7. The van der Waals surface area contributed by atoms with Crippen LogP contribution in [0, 0.1) is 715 Å². The molecule has 0 heterocycles. The van der Waals surface area contributed by atoms with Crippen molar-refractivity contribution in [2.45, 2.75) is 354 Å². The van der Waals surface area contributed by atoms with Gasteiger partial charge in [0.1, 0.15) is 0 Å². The number of aliphatic hydroxyl groups excluding tert-OH is 3. The van der Waals surface area contributed by atoms with Gasteiger partial charge in [0.05, 0.1) is 0 Å². The van der Waals surface area contributed by atoms with Crippen LogP contribution in [0.15, 0.2) is 0 Å². The van der Waals surface area contributed by atoms with E-state index in [4.69, 9.17) is 0 Å². The molecule has 15 fully saturated rings. The van der Waals surface area contributed by atoms with Crippen molar-refractivity contribution in [2.24, 2.45) is 118 Å². The Morgan fingerprint density at radius 1 is 0.151 bits per heavy atom. The monoisotopic (exact) mass is 3400 g/mol. The Morgan fingerprint density at radius 2 is 0.226 bits per heavy atom. The Bertz CT molecular complexity index is 1320. The fourth-order valence-corrected chi connectivity index (χ4v) is 22.6. The summed E-state index contributed by atoms with van der Waals surface area (Å²) in [5, 5.41) is 30.7. The van der Waals surface area contributed by atoms with Gasteiger partial charge in [-0.3, -0.25) is 0 Å². The maximum atomic E-state index is 10.2. The molecule has 0 aromatic rings. The summed E-state index contributed by atoms with van der Waals surface area (Å²) in [6.45, 7) is 29.0. The third-order valence-corrected chi connectivity index (χ3v) is 25.6. The van der Waals surface area contributed by atoms with Gasteiger partial charge in [-0.1, -0.05) is 399 Å². The molecule has 27 heteroatoms. The first-order chi connectivity index (χ1) is 40.4. The Morgan fingerprint density at radius 3 is 0.330 bits per heavy atom. The van der Waals surface area contributed by atoms with Crippen molar-refractivity contribution in [1.82, 2.24) is 0 Å². The second kappa shape index (κ2) is 110. The normalized spacial score (nSPS) is 32.5. The van der Waals surface area contributed by atoms with Gasteiger partial charge in [-0.15, -0.1) is 35.5 Å². The molecule has 658 valence electrons. The Balaban J connectivity index is -0.0000000443. The number of fused-ring (bicyclic) bond motifs is 15. The smallest absolute Gasteiger partial charge is 0 e. The molecule has 20 atom stereocenters. The minimum Gasteiger partial charge on any atom is -0.562 e. The number of aliphatic hydroxyl groups is 3. The molecule has 15 rings (SSSR count). The molecule has 15 aliphatic rings. The molecule has 0 aromatic carbocycles. The molecule has 15 saturated carbocycles. The SMILES string of the molecule is CC.CC.CC.CC.CC.CC.C[C-]1C2CCCCC2C2CCCCC12.C[C-]1C2CCCCC2C2CCCCC12.O[C-]1C2CCCCC2C2CCCCC12.O[C-]1C2CCCCC2C2CCCCC12.O[C-]1C2CCCCC2C2CCCCC12.[Ar].[Ar].[Ar].[Ar].[Ar].[Ar].[Ar].[Ar].[Ar].[Ar].[Ar].[Ar].[Ar].[Ar].[Ar].[W].[W].[W].[W].[W].[W].[W].[W].[W]. The zero-order valence-corrected chi connectivity index (χ0v) is 104. The zero-order valence-electron chi connectivity index (χ0n) is 66.7. The summed E-state index contributed by atoms with van der Waals surface area (Å²) >= 11 is 0.